The molecular weight excluding hydrogens is 204 g/mol. The Morgan fingerprint density at radius 1 is 0.529 bits per heavy atom. The fourth-order valence-corrected chi connectivity index (χ4v) is 4.76. The van der Waals surface area contributed by atoms with E-state index in [-0.39, 0.29) is 0 Å². The van der Waals surface area contributed by atoms with Gasteiger partial charge in [-0.25, -0.2) is 0 Å². The van der Waals surface area contributed by atoms with Crippen molar-refractivity contribution in [2.75, 3.05) is 0 Å². The Bertz CT molecular complexity index is 218. The lowest BCUT2D eigenvalue weighted by Gasteiger charge is -2.32. The highest BCUT2D eigenvalue weighted by Gasteiger charge is 2.38. The van der Waals surface area contributed by atoms with Crippen molar-refractivity contribution < 1.29 is 0 Å². The maximum Gasteiger partial charge on any atom is -0.0297 e. The van der Waals surface area contributed by atoms with Crippen LogP contribution in [0.2, 0.25) is 0 Å². The van der Waals surface area contributed by atoms with Gasteiger partial charge < -0.3 is 0 Å². The molecule has 0 bridgehead atoms. The topological polar surface area (TPSA) is 0 Å². The molecule has 0 amide bonds. The molecule has 98 valence electrons. The van der Waals surface area contributed by atoms with Gasteiger partial charge in [0.2, 0.25) is 0 Å². The molecule has 0 aromatic heterocycles. The van der Waals surface area contributed by atoms with Crippen molar-refractivity contribution in [3.63, 3.8) is 0 Å². The van der Waals surface area contributed by atoms with Gasteiger partial charge in [-0.1, -0.05) is 57.8 Å². The predicted molar refractivity (Wildman–Crippen MR) is 74.1 cm³/mol. The summed E-state index contributed by atoms with van der Waals surface area (Å²) in [4.78, 5) is 0. The first kappa shape index (κ1) is 12.1. The molecule has 4 rings (SSSR count). The molecule has 0 N–H and O–H groups in total. The minimum atomic E-state index is 0.873. The number of fused-ring (bicyclic) bond motifs is 1. The molecule has 2 atom stereocenters. The van der Waals surface area contributed by atoms with Gasteiger partial charge in [0.15, 0.2) is 0 Å². The van der Waals surface area contributed by atoms with Crippen LogP contribution in [0, 0.1) is 17.3 Å². The summed E-state index contributed by atoms with van der Waals surface area (Å²) in [7, 11) is 0. The molecule has 0 aromatic rings. The summed E-state index contributed by atoms with van der Waals surface area (Å²) in [5.41, 5.74) is 0.873. The van der Waals surface area contributed by atoms with Crippen LogP contribution in [0.15, 0.2) is 0 Å². The zero-order valence-corrected chi connectivity index (χ0v) is 11.6. The second-order valence-electron chi connectivity index (χ2n) is 7.31. The van der Waals surface area contributed by atoms with Crippen LogP contribution in [0.25, 0.3) is 0 Å². The van der Waals surface area contributed by atoms with E-state index in [0.29, 0.717) is 0 Å². The average Bonchev–Trinajstić information content (AvgIpc) is 3.06. The average molecular weight is 234 g/mol. The lowest BCUT2D eigenvalue weighted by atomic mass is 9.73. The van der Waals surface area contributed by atoms with E-state index in [1.807, 2.05) is 0 Å². The highest BCUT2D eigenvalue weighted by Crippen LogP contribution is 2.49. The fourth-order valence-electron chi connectivity index (χ4n) is 4.76. The molecule has 1 spiro atoms. The Morgan fingerprint density at radius 2 is 1.00 bits per heavy atom. The van der Waals surface area contributed by atoms with Crippen LogP contribution in [0.4, 0.5) is 0 Å². The number of rotatable bonds is 0. The van der Waals surface area contributed by atoms with Crippen molar-refractivity contribution in [2.24, 2.45) is 17.3 Å². The maximum atomic E-state index is 1.58. The van der Waals surface area contributed by atoms with Gasteiger partial charge in [-0.2, -0.15) is 0 Å². The molecule has 0 heterocycles. The van der Waals surface area contributed by atoms with Crippen LogP contribution in [0.3, 0.4) is 0 Å². The molecule has 4 aliphatic carbocycles. The predicted octanol–water partition coefficient (Wildman–Crippen LogP) is 5.71. The largest absolute Gasteiger partial charge is 0.0533 e. The summed E-state index contributed by atoms with van der Waals surface area (Å²) in [6.45, 7) is 0. The molecule has 4 aliphatic rings. The minimum Gasteiger partial charge on any atom is -0.0533 e. The van der Waals surface area contributed by atoms with Crippen LogP contribution in [-0.4, -0.2) is 0 Å². The second kappa shape index (κ2) is 5.33. The Kier molecular flexibility index (Phi) is 3.78. The van der Waals surface area contributed by atoms with Crippen molar-refractivity contribution in [1.29, 1.82) is 0 Å². The molecule has 2 unspecified atom stereocenters. The van der Waals surface area contributed by atoms with Crippen molar-refractivity contribution in [2.45, 2.75) is 89.9 Å². The molecule has 17 heavy (non-hydrogen) atoms. The summed E-state index contributed by atoms with van der Waals surface area (Å²) in [6.07, 6.45) is 21.6. The summed E-state index contributed by atoms with van der Waals surface area (Å²) < 4.78 is 0. The fraction of sp³-hybridized carbons (Fsp3) is 1.00. The van der Waals surface area contributed by atoms with Gasteiger partial charge in [0.25, 0.3) is 0 Å². The third-order valence-corrected chi connectivity index (χ3v) is 6.05. The van der Waals surface area contributed by atoms with Gasteiger partial charge in [-0.15, -0.1) is 0 Å². The molecular formula is C17H30. The SMILES string of the molecule is C1CCC2(CC1)CCCC2.C1CCC2CC2C1. The first-order valence-corrected chi connectivity index (χ1v) is 8.38. The third kappa shape index (κ3) is 3.06. The van der Waals surface area contributed by atoms with Crippen molar-refractivity contribution >= 4 is 0 Å². The van der Waals surface area contributed by atoms with Crippen LogP contribution in [-0.2, 0) is 0 Å². The van der Waals surface area contributed by atoms with E-state index >= 15 is 0 Å². The number of hydrogen-bond donors (Lipinski definition) is 0. The van der Waals surface area contributed by atoms with E-state index in [9.17, 15) is 0 Å². The Hall–Kier alpha value is 0. The van der Waals surface area contributed by atoms with E-state index in [4.69, 9.17) is 0 Å². The van der Waals surface area contributed by atoms with Gasteiger partial charge >= 0.3 is 0 Å². The van der Waals surface area contributed by atoms with Crippen molar-refractivity contribution in [1.82, 2.24) is 0 Å². The van der Waals surface area contributed by atoms with Gasteiger partial charge in [-0.3, -0.25) is 0 Å². The quantitative estimate of drug-likeness (QED) is 0.504. The van der Waals surface area contributed by atoms with Gasteiger partial charge in [-0.05, 0) is 49.4 Å². The minimum absolute atomic E-state index is 0.873. The first-order chi connectivity index (χ1) is 8.38. The summed E-state index contributed by atoms with van der Waals surface area (Å²) in [5, 5.41) is 0. The van der Waals surface area contributed by atoms with Crippen LogP contribution in [0.1, 0.15) is 89.9 Å². The molecule has 0 heteroatoms. The summed E-state index contributed by atoms with van der Waals surface area (Å²) in [6, 6.07) is 0. The standard InChI is InChI=1S/C10H18.C7H12/c1-2-6-10(7-3-1)8-4-5-9-10;1-2-4-7-5-6(7)3-1/h1-9H2;6-7H,1-5H2. The maximum absolute atomic E-state index is 1.58. The van der Waals surface area contributed by atoms with Crippen LogP contribution >= 0.6 is 0 Å². The van der Waals surface area contributed by atoms with E-state index in [1.165, 1.54) is 56.8 Å². The molecule has 0 aromatic carbocycles. The third-order valence-electron chi connectivity index (χ3n) is 6.05. The van der Waals surface area contributed by atoms with Crippen LogP contribution in [0.5, 0.6) is 0 Å². The lowest BCUT2D eigenvalue weighted by molar-refractivity contribution is 0.197. The van der Waals surface area contributed by atoms with Crippen LogP contribution < -0.4 is 0 Å². The highest BCUT2D eigenvalue weighted by molar-refractivity contribution is 4.89. The lowest BCUT2D eigenvalue weighted by Crippen LogP contribution is -2.19. The van der Waals surface area contributed by atoms with E-state index in [2.05, 4.69) is 0 Å². The summed E-state index contributed by atoms with van der Waals surface area (Å²) in [5.74, 6) is 2.41. The highest BCUT2D eigenvalue weighted by atomic mass is 14.4. The number of hydrogen-bond acceptors (Lipinski definition) is 0. The van der Waals surface area contributed by atoms with Crippen molar-refractivity contribution in [3.05, 3.63) is 0 Å². The van der Waals surface area contributed by atoms with Gasteiger partial charge in [0.1, 0.15) is 0 Å². The Morgan fingerprint density at radius 3 is 1.47 bits per heavy atom. The zero-order valence-electron chi connectivity index (χ0n) is 11.6. The summed E-state index contributed by atoms with van der Waals surface area (Å²) >= 11 is 0. The van der Waals surface area contributed by atoms with E-state index < -0.39 is 0 Å². The second-order valence-corrected chi connectivity index (χ2v) is 7.31. The Labute approximate surface area is 108 Å². The van der Waals surface area contributed by atoms with Crippen molar-refractivity contribution in [3.8, 4) is 0 Å². The normalized spacial score (nSPS) is 38.1. The first-order valence-electron chi connectivity index (χ1n) is 8.38. The smallest absolute Gasteiger partial charge is 0.0297 e. The molecule has 0 saturated heterocycles. The molecule has 0 nitrogen and oxygen atoms in total. The van der Waals surface area contributed by atoms with E-state index in [1.54, 1.807) is 44.9 Å². The van der Waals surface area contributed by atoms with E-state index in [0.717, 1.165) is 5.41 Å². The van der Waals surface area contributed by atoms with Gasteiger partial charge in [0.05, 0.1) is 0 Å². The molecule has 4 fully saturated rings. The molecule has 0 aliphatic heterocycles. The monoisotopic (exact) mass is 234 g/mol. The zero-order chi connectivity index (χ0) is 11.6. The Balaban J connectivity index is 0.000000113. The van der Waals surface area contributed by atoms with Gasteiger partial charge in [0, 0.05) is 0 Å². The molecule has 4 saturated carbocycles. The molecule has 0 radical (unpaired) electrons.